The van der Waals surface area contributed by atoms with Crippen LogP contribution >= 0.6 is 0 Å². The molecule has 0 fully saturated rings. The van der Waals surface area contributed by atoms with Crippen molar-refractivity contribution in [1.82, 2.24) is 5.16 Å². The van der Waals surface area contributed by atoms with Crippen LogP contribution in [0.3, 0.4) is 0 Å². The molecular formula is C18H21N3O6. The molecule has 2 N–H and O–H groups in total. The maximum atomic E-state index is 12.3. The van der Waals surface area contributed by atoms with Crippen molar-refractivity contribution < 1.29 is 28.4 Å². The highest BCUT2D eigenvalue weighted by Gasteiger charge is 2.21. The van der Waals surface area contributed by atoms with E-state index in [-0.39, 0.29) is 28.0 Å². The Labute approximate surface area is 156 Å². The number of ether oxygens (including phenoxy) is 2. The number of hydrogen-bond acceptors (Lipinski definition) is 7. The van der Waals surface area contributed by atoms with E-state index in [9.17, 15) is 14.4 Å². The Morgan fingerprint density at radius 2 is 1.67 bits per heavy atom. The summed E-state index contributed by atoms with van der Waals surface area (Å²) in [6.45, 7) is 5.83. The van der Waals surface area contributed by atoms with Gasteiger partial charge in [-0.05, 0) is 18.2 Å². The number of carbonyl (C=O) groups excluding carboxylic acids is 3. The molecule has 0 spiro atoms. The molecule has 0 aliphatic heterocycles. The third-order valence-electron chi connectivity index (χ3n) is 3.59. The Bertz CT molecular complexity index is 866. The lowest BCUT2D eigenvalue weighted by atomic mass is 9.93. The molecule has 0 atom stereocenters. The summed E-state index contributed by atoms with van der Waals surface area (Å²) in [5.41, 5.74) is 0.0607. The smallest absolute Gasteiger partial charge is 0.339 e. The SMILES string of the molecule is COC(=O)c1ccc(C(=O)OC)c(NC(=O)Nc2cc(C(C)(C)C)on2)c1. The van der Waals surface area contributed by atoms with Gasteiger partial charge >= 0.3 is 18.0 Å². The normalized spacial score (nSPS) is 10.9. The number of methoxy groups -OCH3 is 2. The minimum atomic E-state index is -0.670. The predicted octanol–water partition coefficient (Wildman–Crippen LogP) is 3.19. The summed E-state index contributed by atoms with van der Waals surface area (Å²) in [6, 6.07) is 5.01. The van der Waals surface area contributed by atoms with Crippen LogP contribution in [0.25, 0.3) is 0 Å². The molecule has 1 aromatic heterocycles. The highest BCUT2D eigenvalue weighted by atomic mass is 16.5. The molecule has 0 saturated heterocycles. The number of nitrogens with one attached hydrogen (secondary N) is 2. The second kappa shape index (κ2) is 7.90. The van der Waals surface area contributed by atoms with Gasteiger partial charge in [0.1, 0.15) is 5.76 Å². The Kier molecular flexibility index (Phi) is 5.84. The van der Waals surface area contributed by atoms with Gasteiger partial charge < -0.3 is 19.3 Å². The summed E-state index contributed by atoms with van der Waals surface area (Å²) in [7, 11) is 2.44. The van der Waals surface area contributed by atoms with E-state index in [0.717, 1.165) is 0 Å². The molecule has 1 heterocycles. The zero-order chi connectivity index (χ0) is 20.2. The van der Waals surface area contributed by atoms with E-state index in [1.54, 1.807) is 6.07 Å². The van der Waals surface area contributed by atoms with Gasteiger partial charge in [-0.1, -0.05) is 25.9 Å². The predicted molar refractivity (Wildman–Crippen MR) is 97.0 cm³/mol. The van der Waals surface area contributed by atoms with Crippen LogP contribution in [0.15, 0.2) is 28.8 Å². The van der Waals surface area contributed by atoms with Crippen molar-refractivity contribution in [1.29, 1.82) is 0 Å². The lowest BCUT2D eigenvalue weighted by Gasteiger charge is -2.12. The van der Waals surface area contributed by atoms with Crippen LogP contribution in [0, 0.1) is 0 Å². The minimum absolute atomic E-state index is 0.0795. The summed E-state index contributed by atoms with van der Waals surface area (Å²) in [5, 5.41) is 8.79. The first kappa shape index (κ1) is 20.0. The quantitative estimate of drug-likeness (QED) is 0.787. The molecule has 0 aliphatic carbocycles. The van der Waals surface area contributed by atoms with Crippen LogP contribution in [0.1, 0.15) is 47.2 Å². The van der Waals surface area contributed by atoms with Gasteiger partial charge in [-0.25, -0.2) is 14.4 Å². The molecule has 0 bridgehead atoms. The molecule has 0 saturated carbocycles. The molecule has 2 aromatic rings. The Morgan fingerprint density at radius 3 is 2.22 bits per heavy atom. The van der Waals surface area contributed by atoms with E-state index >= 15 is 0 Å². The summed E-state index contributed by atoms with van der Waals surface area (Å²) >= 11 is 0. The lowest BCUT2D eigenvalue weighted by Crippen LogP contribution is -2.22. The summed E-state index contributed by atoms with van der Waals surface area (Å²) in [5.74, 6) is -0.471. The van der Waals surface area contributed by atoms with E-state index in [0.29, 0.717) is 5.76 Å². The monoisotopic (exact) mass is 375 g/mol. The number of esters is 2. The summed E-state index contributed by atoms with van der Waals surface area (Å²) < 4.78 is 14.5. The first-order chi connectivity index (χ1) is 12.7. The second-order valence-corrected chi connectivity index (χ2v) is 6.65. The number of rotatable bonds is 4. The van der Waals surface area contributed by atoms with E-state index in [1.807, 2.05) is 20.8 Å². The number of amides is 2. The van der Waals surface area contributed by atoms with Crippen LogP contribution in [0.4, 0.5) is 16.3 Å². The average Bonchev–Trinajstić information content (AvgIpc) is 3.09. The summed E-state index contributed by atoms with van der Waals surface area (Å²) in [6.07, 6.45) is 0. The number of carbonyl (C=O) groups is 3. The molecule has 1 aromatic carbocycles. The van der Waals surface area contributed by atoms with Gasteiger partial charge in [0.2, 0.25) is 0 Å². The standard InChI is InChI=1S/C18H21N3O6/c1-18(2,3)13-9-14(21-27-13)20-17(24)19-12-8-10(15(22)25-4)6-7-11(12)16(23)26-5/h6-9H,1-5H3,(H2,19,20,21,24). The fourth-order valence-corrected chi connectivity index (χ4v) is 2.14. The largest absolute Gasteiger partial charge is 0.465 e. The van der Waals surface area contributed by atoms with Crippen molar-refractivity contribution in [2.75, 3.05) is 24.9 Å². The molecule has 0 aliphatic rings. The first-order valence-electron chi connectivity index (χ1n) is 8.01. The van der Waals surface area contributed by atoms with Gasteiger partial charge in [0.25, 0.3) is 0 Å². The van der Waals surface area contributed by atoms with Gasteiger partial charge in [-0.3, -0.25) is 5.32 Å². The van der Waals surface area contributed by atoms with E-state index < -0.39 is 18.0 Å². The maximum Gasteiger partial charge on any atom is 0.339 e. The van der Waals surface area contributed by atoms with Crippen LogP contribution in [-0.2, 0) is 14.9 Å². The van der Waals surface area contributed by atoms with Gasteiger partial charge in [0.15, 0.2) is 5.82 Å². The number of benzene rings is 1. The Morgan fingerprint density at radius 1 is 1.00 bits per heavy atom. The van der Waals surface area contributed by atoms with Crippen LogP contribution in [0.5, 0.6) is 0 Å². The Hall–Kier alpha value is -3.36. The topological polar surface area (TPSA) is 120 Å². The molecule has 9 heteroatoms. The highest BCUT2D eigenvalue weighted by Crippen LogP contribution is 2.25. The molecule has 0 radical (unpaired) electrons. The molecule has 27 heavy (non-hydrogen) atoms. The minimum Gasteiger partial charge on any atom is -0.465 e. The number of hydrogen-bond donors (Lipinski definition) is 2. The second-order valence-electron chi connectivity index (χ2n) is 6.65. The van der Waals surface area contributed by atoms with E-state index in [2.05, 4.69) is 20.5 Å². The maximum absolute atomic E-state index is 12.3. The van der Waals surface area contributed by atoms with Crippen LogP contribution in [-0.4, -0.2) is 37.3 Å². The van der Waals surface area contributed by atoms with Crippen molar-refractivity contribution in [2.45, 2.75) is 26.2 Å². The number of nitrogens with zero attached hydrogens (tertiary/aromatic N) is 1. The van der Waals surface area contributed by atoms with Gasteiger partial charge in [0, 0.05) is 11.5 Å². The number of anilines is 2. The fraction of sp³-hybridized carbons (Fsp3) is 0.333. The summed E-state index contributed by atoms with van der Waals surface area (Å²) in [4.78, 5) is 35.9. The van der Waals surface area contributed by atoms with Crippen molar-refractivity contribution in [2.24, 2.45) is 0 Å². The lowest BCUT2D eigenvalue weighted by molar-refractivity contribution is 0.0587. The van der Waals surface area contributed by atoms with Crippen molar-refractivity contribution in [3.8, 4) is 0 Å². The average molecular weight is 375 g/mol. The van der Waals surface area contributed by atoms with Crippen molar-refractivity contribution >= 4 is 29.5 Å². The molecular weight excluding hydrogens is 354 g/mol. The van der Waals surface area contributed by atoms with E-state index in [1.165, 1.54) is 32.4 Å². The molecule has 2 rings (SSSR count). The van der Waals surface area contributed by atoms with Crippen molar-refractivity contribution in [3.63, 3.8) is 0 Å². The van der Waals surface area contributed by atoms with Gasteiger partial charge in [-0.2, -0.15) is 0 Å². The number of aromatic nitrogens is 1. The van der Waals surface area contributed by atoms with Crippen LogP contribution < -0.4 is 10.6 Å². The fourth-order valence-electron chi connectivity index (χ4n) is 2.14. The molecule has 144 valence electrons. The molecule has 0 unspecified atom stereocenters. The van der Waals surface area contributed by atoms with Crippen molar-refractivity contribution in [3.05, 3.63) is 41.2 Å². The van der Waals surface area contributed by atoms with Gasteiger partial charge in [-0.15, -0.1) is 0 Å². The zero-order valence-corrected chi connectivity index (χ0v) is 15.7. The van der Waals surface area contributed by atoms with Crippen LogP contribution in [0.2, 0.25) is 0 Å². The molecule has 9 nitrogen and oxygen atoms in total. The number of urea groups is 1. The van der Waals surface area contributed by atoms with Gasteiger partial charge in [0.05, 0.1) is 31.0 Å². The zero-order valence-electron chi connectivity index (χ0n) is 15.7. The van der Waals surface area contributed by atoms with E-state index in [4.69, 9.17) is 9.26 Å². The third-order valence-corrected chi connectivity index (χ3v) is 3.59. The Balaban J connectivity index is 2.23. The highest BCUT2D eigenvalue weighted by molar-refractivity contribution is 6.06. The molecule has 2 amide bonds. The first-order valence-corrected chi connectivity index (χ1v) is 8.01. The third kappa shape index (κ3) is 4.84.